The molecule has 0 radical (unpaired) electrons. The normalized spacial score (nSPS) is 23.1. The molecule has 18 heavy (non-hydrogen) atoms. The third-order valence-electron chi connectivity index (χ3n) is 3.46. The van der Waals surface area contributed by atoms with Crippen LogP contribution in [0.25, 0.3) is 0 Å². The van der Waals surface area contributed by atoms with Gasteiger partial charge in [0.15, 0.2) is 0 Å². The molecule has 1 aromatic carbocycles. The lowest BCUT2D eigenvalue weighted by Gasteiger charge is -2.26. The van der Waals surface area contributed by atoms with E-state index in [1.807, 2.05) is 6.92 Å². The van der Waals surface area contributed by atoms with E-state index in [2.05, 4.69) is 26.6 Å². The molecular formula is C13H16BrFN2O. The molecule has 0 aromatic heterocycles. The van der Waals surface area contributed by atoms with Crippen LogP contribution in [0.5, 0.6) is 0 Å². The zero-order valence-electron chi connectivity index (χ0n) is 10.2. The van der Waals surface area contributed by atoms with Crippen LogP contribution in [-0.4, -0.2) is 18.0 Å². The minimum atomic E-state index is -0.508. The van der Waals surface area contributed by atoms with Gasteiger partial charge in [-0.25, -0.2) is 4.39 Å². The van der Waals surface area contributed by atoms with Gasteiger partial charge in [-0.05, 0) is 59.9 Å². The van der Waals surface area contributed by atoms with Crippen molar-refractivity contribution < 1.29 is 9.18 Å². The Hall–Kier alpha value is -0.940. The van der Waals surface area contributed by atoms with Gasteiger partial charge in [-0.1, -0.05) is 6.92 Å². The second-order valence-electron chi connectivity index (χ2n) is 4.54. The SMILES string of the molecule is CCC1(C(=O)Nc2cc(F)ccc2Br)CCCN1. The van der Waals surface area contributed by atoms with Crippen LogP contribution >= 0.6 is 15.9 Å². The van der Waals surface area contributed by atoms with Gasteiger partial charge in [0.1, 0.15) is 5.82 Å². The van der Waals surface area contributed by atoms with Crippen LogP contribution in [0.2, 0.25) is 0 Å². The van der Waals surface area contributed by atoms with E-state index in [1.54, 1.807) is 6.07 Å². The number of nitrogens with one attached hydrogen (secondary N) is 2. The first-order valence-electron chi connectivity index (χ1n) is 6.09. The van der Waals surface area contributed by atoms with E-state index in [4.69, 9.17) is 0 Å². The van der Waals surface area contributed by atoms with Crippen molar-refractivity contribution >= 4 is 27.5 Å². The molecule has 1 aliphatic rings. The van der Waals surface area contributed by atoms with Crippen LogP contribution < -0.4 is 10.6 Å². The molecule has 98 valence electrons. The Morgan fingerprint density at radius 1 is 1.61 bits per heavy atom. The fourth-order valence-corrected chi connectivity index (χ4v) is 2.64. The molecular weight excluding hydrogens is 299 g/mol. The van der Waals surface area contributed by atoms with Crippen molar-refractivity contribution in [3.63, 3.8) is 0 Å². The Kier molecular flexibility index (Phi) is 4.02. The molecule has 1 aromatic rings. The lowest BCUT2D eigenvalue weighted by molar-refractivity contribution is -0.122. The topological polar surface area (TPSA) is 41.1 Å². The second kappa shape index (κ2) is 5.36. The van der Waals surface area contributed by atoms with E-state index in [0.717, 1.165) is 25.8 Å². The van der Waals surface area contributed by atoms with Crippen molar-refractivity contribution in [3.8, 4) is 0 Å². The summed E-state index contributed by atoms with van der Waals surface area (Å²) < 4.78 is 13.8. The molecule has 1 saturated heterocycles. The van der Waals surface area contributed by atoms with Crippen molar-refractivity contribution in [2.45, 2.75) is 31.7 Å². The average Bonchev–Trinajstić information content (AvgIpc) is 2.84. The van der Waals surface area contributed by atoms with E-state index >= 15 is 0 Å². The summed E-state index contributed by atoms with van der Waals surface area (Å²) in [7, 11) is 0. The fraction of sp³-hybridized carbons (Fsp3) is 0.462. The van der Waals surface area contributed by atoms with E-state index in [-0.39, 0.29) is 11.7 Å². The first-order chi connectivity index (χ1) is 8.57. The molecule has 5 heteroatoms. The maximum absolute atomic E-state index is 13.2. The highest BCUT2D eigenvalue weighted by molar-refractivity contribution is 9.10. The van der Waals surface area contributed by atoms with Crippen molar-refractivity contribution in [1.82, 2.24) is 5.32 Å². The van der Waals surface area contributed by atoms with E-state index in [9.17, 15) is 9.18 Å². The number of hydrogen-bond acceptors (Lipinski definition) is 2. The van der Waals surface area contributed by atoms with Crippen LogP contribution in [0.3, 0.4) is 0 Å². The van der Waals surface area contributed by atoms with Gasteiger partial charge >= 0.3 is 0 Å². The molecule has 2 rings (SSSR count). The van der Waals surface area contributed by atoms with Gasteiger partial charge in [0.05, 0.1) is 11.2 Å². The predicted octanol–water partition coefficient (Wildman–Crippen LogP) is 3.06. The first kappa shape index (κ1) is 13.5. The predicted molar refractivity (Wildman–Crippen MR) is 73.0 cm³/mol. The number of anilines is 1. The van der Waals surface area contributed by atoms with Gasteiger partial charge in [0, 0.05) is 4.47 Å². The van der Waals surface area contributed by atoms with Crippen molar-refractivity contribution in [2.75, 3.05) is 11.9 Å². The summed E-state index contributed by atoms with van der Waals surface area (Å²) >= 11 is 3.31. The van der Waals surface area contributed by atoms with Crippen molar-refractivity contribution in [1.29, 1.82) is 0 Å². The van der Waals surface area contributed by atoms with Gasteiger partial charge in [-0.15, -0.1) is 0 Å². The summed E-state index contributed by atoms with van der Waals surface area (Å²) in [5.74, 6) is -0.452. The maximum atomic E-state index is 13.2. The van der Waals surface area contributed by atoms with Crippen LogP contribution in [-0.2, 0) is 4.79 Å². The highest BCUT2D eigenvalue weighted by atomic mass is 79.9. The third kappa shape index (κ3) is 2.57. The van der Waals surface area contributed by atoms with Gasteiger partial charge < -0.3 is 10.6 Å². The zero-order valence-corrected chi connectivity index (χ0v) is 11.8. The number of hydrogen-bond donors (Lipinski definition) is 2. The summed E-state index contributed by atoms with van der Waals surface area (Å²) in [6, 6.07) is 4.26. The van der Waals surface area contributed by atoms with Crippen molar-refractivity contribution in [2.24, 2.45) is 0 Å². The monoisotopic (exact) mass is 314 g/mol. The van der Waals surface area contributed by atoms with E-state index in [1.165, 1.54) is 12.1 Å². The number of halogens is 2. The molecule has 0 spiro atoms. The van der Waals surface area contributed by atoms with Gasteiger partial charge in [0.25, 0.3) is 0 Å². The van der Waals surface area contributed by atoms with Gasteiger partial charge in [0.2, 0.25) is 5.91 Å². The van der Waals surface area contributed by atoms with E-state index < -0.39 is 5.54 Å². The smallest absolute Gasteiger partial charge is 0.244 e. The Bertz CT molecular complexity index is 458. The molecule has 2 N–H and O–H groups in total. The third-order valence-corrected chi connectivity index (χ3v) is 4.15. The van der Waals surface area contributed by atoms with Gasteiger partial charge in [-0.2, -0.15) is 0 Å². The molecule has 1 heterocycles. The molecule has 1 fully saturated rings. The zero-order chi connectivity index (χ0) is 13.2. The average molecular weight is 315 g/mol. The number of benzene rings is 1. The Labute approximate surface area is 114 Å². The second-order valence-corrected chi connectivity index (χ2v) is 5.40. The lowest BCUT2D eigenvalue weighted by Crippen LogP contribution is -2.50. The first-order valence-corrected chi connectivity index (χ1v) is 6.88. The Morgan fingerprint density at radius 2 is 2.39 bits per heavy atom. The minimum Gasteiger partial charge on any atom is -0.323 e. The number of carbonyl (C=O) groups excluding carboxylic acids is 1. The standard InChI is InChI=1S/C13H16BrFN2O/c1-2-13(6-3-7-16-13)12(18)17-11-8-9(15)4-5-10(11)14/h4-5,8,16H,2-3,6-7H2,1H3,(H,17,18). The minimum absolute atomic E-state index is 0.0891. The molecule has 0 bridgehead atoms. The number of rotatable bonds is 3. The molecule has 0 saturated carbocycles. The van der Waals surface area contributed by atoms with Crippen LogP contribution in [0, 0.1) is 5.82 Å². The van der Waals surface area contributed by atoms with Crippen LogP contribution in [0.15, 0.2) is 22.7 Å². The number of amides is 1. The Balaban J connectivity index is 2.18. The van der Waals surface area contributed by atoms with Crippen LogP contribution in [0.4, 0.5) is 10.1 Å². The molecule has 0 aliphatic carbocycles. The van der Waals surface area contributed by atoms with Crippen LogP contribution in [0.1, 0.15) is 26.2 Å². The fourth-order valence-electron chi connectivity index (χ4n) is 2.30. The maximum Gasteiger partial charge on any atom is 0.244 e. The molecule has 1 amide bonds. The largest absolute Gasteiger partial charge is 0.323 e. The molecule has 1 aliphatic heterocycles. The van der Waals surface area contributed by atoms with E-state index in [0.29, 0.717) is 10.2 Å². The van der Waals surface area contributed by atoms with Crippen molar-refractivity contribution in [3.05, 3.63) is 28.5 Å². The summed E-state index contributed by atoms with van der Waals surface area (Å²) in [4.78, 5) is 12.3. The summed E-state index contributed by atoms with van der Waals surface area (Å²) in [6.07, 6.45) is 2.54. The molecule has 1 atom stereocenters. The highest BCUT2D eigenvalue weighted by Crippen LogP contribution is 2.28. The highest BCUT2D eigenvalue weighted by Gasteiger charge is 2.39. The lowest BCUT2D eigenvalue weighted by atomic mass is 9.93. The summed E-state index contributed by atoms with van der Waals surface area (Å²) in [5, 5.41) is 6.05. The van der Waals surface area contributed by atoms with Gasteiger partial charge in [-0.3, -0.25) is 4.79 Å². The summed E-state index contributed by atoms with van der Waals surface area (Å²) in [5.41, 5.74) is -0.0345. The molecule has 1 unspecified atom stereocenters. The number of carbonyl (C=O) groups is 1. The quantitative estimate of drug-likeness (QED) is 0.900. The molecule has 3 nitrogen and oxygen atoms in total. The Morgan fingerprint density at radius 3 is 3.00 bits per heavy atom. The summed E-state index contributed by atoms with van der Waals surface area (Å²) in [6.45, 7) is 2.84.